The van der Waals surface area contributed by atoms with E-state index in [1.54, 1.807) is 17.0 Å². The normalized spacial score (nSPS) is 19.2. The lowest BCUT2D eigenvalue weighted by molar-refractivity contribution is -0.129. The van der Waals surface area contributed by atoms with Crippen molar-refractivity contribution in [3.8, 4) is 0 Å². The van der Waals surface area contributed by atoms with E-state index in [0.717, 1.165) is 24.3 Å². The first-order chi connectivity index (χ1) is 8.70. The molecule has 1 amide bonds. The van der Waals surface area contributed by atoms with Crippen LogP contribution in [0.15, 0.2) is 29.2 Å². The Bertz CT molecular complexity index is 410. The number of carbonyl (C=O) groups excluding carboxylic acids is 1. The summed E-state index contributed by atoms with van der Waals surface area (Å²) >= 11 is 1.40. The van der Waals surface area contributed by atoms with Crippen LogP contribution in [-0.2, 0) is 4.79 Å². The lowest BCUT2D eigenvalue weighted by Gasteiger charge is -2.22. The summed E-state index contributed by atoms with van der Waals surface area (Å²) in [5.41, 5.74) is 0. The van der Waals surface area contributed by atoms with Crippen LogP contribution in [0.25, 0.3) is 0 Å². The van der Waals surface area contributed by atoms with Crippen LogP contribution < -0.4 is 0 Å². The highest BCUT2D eigenvalue weighted by Gasteiger charge is 2.27. The molecule has 0 spiro atoms. The summed E-state index contributed by atoms with van der Waals surface area (Å²) in [5, 5.41) is 9.16. The minimum atomic E-state index is -0.273. The van der Waals surface area contributed by atoms with E-state index in [2.05, 4.69) is 0 Å². The monoisotopic (exact) mass is 269 g/mol. The van der Waals surface area contributed by atoms with Gasteiger partial charge in [0.25, 0.3) is 0 Å². The standard InChI is InChI=1S/C13H16FNO2S/c14-10-3-5-12(6-4-10)18-9-13(17)15-7-1-2-11(15)8-16/h3-6,11,16H,1-2,7-9H2/t11-/m1/s1. The molecule has 5 heteroatoms. The van der Waals surface area contributed by atoms with E-state index in [1.165, 1.54) is 23.9 Å². The number of hydrogen-bond acceptors (Lipinski definition) is 3. The van der Waals surface area contributed by atoms with E-state index in [9.17, 15) is 9.18 Å². The molecule has 1 saturated heterocycles. The molecule has 1 aliphatic rings. The molecule has 1 aromatic rings. The molecule has 0 saturated carbocycles. The lowest BCUT2D eigenvalue weighted by Crippen LogP contribution is -2.38. The van der Waals surface area contributed by atoms with E-state index < -0.39 is 0 Å². The Hall–Kier alpha value is -1.07. The first kappa shape index (κ1) is 13.4. The number of rotatable bonds is 4. The second-order valence-electron chi connectivity index (χ2n) is 4.31. The summed E-state index contributed by atoms with van der Waals surface area (Å²) < 4.78 is 12.7. The fraction of sp³-hybridized carbons (Fsp3) is 0.462. The van der Waals surface area contributed by atoms with Crippen molar-refractivity contribution < 1.29 is 14.3 Å². The topological polar surface area (TPSA) is 40.5 Å². The molecule has 1 atom stereocenters. The summed E-state index contributed by atoms with van der Waals surface area (Å²) in [6, 6.07) is 6.09. The van der Waals surface area contributed by atoms with Crippen molar-refractivity contribution in [3.05, 3.63) is 30.1 Å². The van der Waals surface area contributed by atoms with Gasteiger partial charge in [-0.05, 0) is 37.1 Å². The van der Waals surface area contributed by atoms with Gasteiger partial charge in [-0.3, -0.25) is 4.79 Å². The molecule has 1 fully saturated rings. The van der Waals surface area contributed by atoms with E-state index in [1.807, 2.05) is 0 Å². The quantitative estimate of drug-likeness (QED) is 0.849. The zero-order valence-corrected chi connectivity index (χ0v) is 10.8. The maximum absolute atomic E-state index is 12.7. The predicted molar refractivity (Wildman–Crippen MR) is 68.9 cm³/mol. The van der Waals surface area contributed by atoms with Gasteiger partial charge in [-0.15, -0.1) is 11.8 Å². The Kier molecular flexibility index (Phi) is 4.60. The SMILES string of the molecule is O=C(CSc1ccc(F)cc1)N1CCC[C@@H]1CO. The van der Waals surface area contributed by atoms with Crippen molar-refractivity contribution in [2.24, 2.45) is 0 Å². The molecule has 2 rings (SSSR count). The molecule has 0 unspecified atom stereocenters. The van der Waals surface area contributed by atoms with Crippen LogP contribution in [0, 0.1) is 5.82 Å². The van der Waals surface area contributed by atoms with Crippen LogP contribution in [0.5, 0.6) is 0 Å². The van der Waals surface area contributed by atoms with Gasteiger partial charge in [0.2, 0.25) is 5.91 Å². The smallest absolute Gasteiger partial charge is 0.233 e. The van der Waals surface area contributed by atoms with Crippen LogP contribution in [0.1, 0.15) is 12.8 Å². The zero-order chi connectivity index (χ0) is 13.0. The molecule has 0 radical (unpaired) electrons. The van der Waals surface area contributed by atoms with E-state index in [4.69, 9.17) is 5.11 Å². The van der Waals surface area contributed by atoms with Gasteiger partial charge in [-0.2, -0.15) is 0 Å². The molecule has 1 aromatic carbocycles. The highest BCUT2D eigenvalue weighted by atomic mass is 32.2. The van der Waals surface area contributed by atoms with Gasteiger partial charge in [0.1, 0.15) is 5.82 Å². The zero-order valence-electron chi connectivity index (χ0n) is 10.0. The van der Waals surface area contributed by atoms with Gasteiger partial charge in [0.05, 0.1) is 18.4 Å². The number of aliphatic hydroxyl groups is 1. The van der Waals surface area contributed by atoms with Crippen LogP contribution in [0.4, 0.5) is 4.39 Å². The van der Waals surface area contributed by atoms with Gasteiger partial charge in [-0.25, -0.2) is 4.39 Å². The Morgan fingerprint density at radius 3 is 2.83 bits per heavy atom. The average molecular weight is 269 g/mol. The summed E-state index contributed by atoms with van der Waals surface area (Å²) in [4.78, 5) is 14.6. The molecule has 1 heterocycles. The highest BCUT2D eigenvalue weighted by molar-refractivity contribution is 8.00. The average Bonchev–Trinajstić information content (AvgIpc) is 2.86. The molecule has 0 aromatic heterocycles. The third-order valence-electron chi connectivity index (χ3n) is 3.08. The fourth-order valence-corrected chi connectivity index (χ4v) is 2.90. The van der Waals surface area contributed by atoms with Crippen molar-refractivity contribution in [1.29, 1.82) is 0 Å². The number of likely N-dealkylation sites (tertiary alicyclic amines) is 1. The summed E-state index contributed by atoms with van der Waals surface area (Å²) in [7, 11) is 0. The van der Waals surface area contributed by atoms with Crippen molar-refractivity contribution in [2.45, 2.75) is 23.8 Å². The van der Waals surface area contributed by atoms with Gasteiger partial charge in [0, 0.05) is 11.4 Å². The number of aliphatic hydroxyl groups excluding tert-OH is 1. The second kappa shape index (κ2) is 6.20. The Morgan fingerprint density at radius 2 is 2.17 bits per heavy atom. The summed E-state index contributed by atoms with van der Waals surface area (Å²) in [6.45, 7) is 0.765. The molecule has 1 N–H and O–H groups in total. The molecule has 98 valence electrons. The minimum Gasteiger partial charge on any atom is -0.394 e. The van der Waals surface area contributed by atoms with Crippen LogP contribution in [0.3, 0.4) is 0 Å². The maximum atomic E-state index is 12.7. The van der Waals surface area contributed by atoms with Crippen LogP contribution in [0.2, 0.25) is 0 Å². The third-order valence-corrected chi connectivity index (χ3v) is 4.08. The molecule has 18 heavy (non-hydrogen) atoms. The van der Waals surface area contributed by atoms with Crippen molar-refractivity contribution in [1.82, 2.24) is 4.90 Å². The minimum absolute atomic E-state index is 0.0219. The Morgan fingerprint density at radius 1 is 1.44 bits per heavy atom. The van der Waals surface area contributed by atoms with Gasteiger partial charge in [-0.1, -0.05) is 0 Å². The largest absolute Gasteiger partial charge is 0.394 e. The number of hydrogen-bond donors (Lipinski definition) is 1. The van der Waals surface area contributed by atoms with Gasteiger partial charge < -0.3 is 10.0 Å². The summed E-state index contributed by atoms with van der Waals surface area (Å²) in [5.74, 6) is 0.105. The maximum Gasteiger partial charge on any atom is 0.233 e. The number of carbonyl (C=O) groups is 1. The molecule has 1 aliphatic heterocycles. The van der Waals surface area contributed by atoms with Crippen molar-refractivity contribution in [2.75, 3.05) is 18.9 Å². The molecule has 0 bridgehead atoms. The number of halogens is 1. The predicted octanol–water partition coefficient (Wildman–Crippen LogP) is 1.90. The van der Waals surface area contributed by atoms with Crippen LogP contribution in [-0.4, -0.2) is 40.9 Å². The van der Waals surface area contributed by atoms with E-state index >= 15 is 0 Å². The van der Waals surface area contributed by atoms with Gasteiger partial charge >= 0.3 is 0 Å². The molecule has 0 aliphatic carbocycles. The first-order valence-electron chi connectivity index (χ1n) is 5.99. The lowest BCUT2D eigenvalue weighted by atomic mass is 10.2. The first-order valence-corrected chi connectivity index (χ1v) is 6.98. The Balaban J connectivity index is 1.86. The molecular weight excluding hydrogens is 253 g/mol. The fourth-order valence-electron chi connectivity index (χ4n) is 2.11. The number of benzene rings is 1. The second-order valence-corrected chi connectivity index (χ2v) is 5.36. The van der Waals surface area contributed by atoms with Crippen molar-refractivity contribution >= 4 is 17.7 Å². The highest BCUT2D eigenvalue weighted by Crippen LogP contribution is 2.22. The Labute approximate surface area is 110 Å². The molecule has 3 nitrogen and oxygen atoms in total. The number of nitrogens with zero attached hydrogens (tertiary/aromatic N) is 1. The number of amides is 1. The number of thioether (sulfide) groups is 1. The van der Waals surface area contributed by atoms with E-state index in [0.29, 0.717) is 5.75 Å². The third kappa shape index (κ3) is 3.23. The van der Waals surface area contributed by atoms with Crippen molar-refractivity contribution in [3.63, 3.8) is 0 Å². The van der Waals surface area contributed by atoms with Crippen LogP contribution >= 0.6 is 11.8 Å². The molecular formula is C13H16FNO2S. The summed E-state index contributed by atoms with van der Waals surface area (Å²) in [6.07, 6.45) is 1.83. The van der Waals surface area contributed by atoms with Gasteiger partial charge in [0.15, 0.2) is 0 Å². The van der Waals surface area contributed by atoms with E-state index in [-0.39, 0.29) is 24.4 Å².